The lowest BCUT2D eigenvalue weighted by molar-refractivity contribution is 1.07. The summed E-state index contributed by atoms with van der Waals surface area (Å²) in [4.78, 5) is 15.4. The van der Waals surface area contributed by atoms with Gasteiger partial charge in [-0.1, -0.05) is 182 Å². The fourth-order valence-corrected chi connectivity index (χ4v) is 9.13. The predicted octanol–water partition coefficient (Wildman–Crippen LogP) is 14.4. The van der Waals surface area contributed by atoms with Gasteiger partial charge in [0.05, 0.1) is 22.1 Å². The summed E-state index contributed by atoms with van der Waals surface area (Å²) in [6.45, 7) is 0. The maximum absolute atomic E-state index is 5.20. The van der Waals surface area contributed by atoms with Crippen molar-refractivity contribution in [3.63, 3.8) is 0 Å². The van der Waals surface area contributed by atoms with Crippen molar-refractivity contribution in [2.24, 2.45) is 0 Å². The van der Waals surface area contributed by atoms with E-state index < -0.39 is 0 Å². The molecule has 5 nitrogen and oxygen atoms in total. The van der Waals surface area contributed by atoms with Gasteiger partial charge in [0.1, 0.15) is 0 Å². The van der Waals surface area contributed by atoms with Crippen LogP contribution in [0.1, 0.15) is 0 Å². The zero-order valence-corrected chi connectivity index (χ0v) is 33.6. The van der Waals surface area contributed by atoms with Gasteiger partial charge in [-0.15, -0.1) is 0 Å². The van der Waals surface area contributed by atoms with Gasteiger partial charge in [-0.25, -0.2) is 15.0 Å². The molecule has 3 heterocycles. The maximum atomic E-state index is 5.20. The summed E-state index contributed by atoms with van der Waals surface area (Å²) >= 11 is 0. The summed E-state index contributed by atoms with van der Waals surface area (Å²) < 4.78 is 4.89. The predicted molar refractivity (Wildman–Crippen MR) is 256 cm³/mol. The Kier molecular flexibility index (Phi) is 8.42. The molecule has 3 aromatic heterocycles. The third-order valence-corrected chi connectivity index (χ3v) is 12.0. The molecule has 0 saturated heterocycles. The average molecular weight is 792 g/mol. The van der Waals surface area contributed by atoms with Crippen LogP contribution in [0.15, 0.2) is 224 Å². The Morgan fingerprint density at radius 1 is 0.274 bits per heavy atom. The lowest BCUT2D eigenvalue weighted by atomic mass is 9.96. The quantitative estimate of drug-likeness (QED) is 0.162. The molecule has 0 spiro atoms. The number of hydrogen-bond donors (Lipinski definition) is 0. The molecule has 12 aromatic rings. The molecule has 0 aliphatic heterocycles. The molecule has 0 aliphatic carbocycles. The fourth-order valence-electron chi connectivity index (χ4n) is 9.13. The number of aromatic nitrogens is 5. The van der Waals surface area contributed by atoms with Gasteiger partial charge >= 0.3 is 0 Å². The molecule has 290 valence electrons. The lowest BCUT2D eigenvalue weighted by Crippen LogP contribution is -2.02. The van der Waals surface area contributed by atoms with Gasteiger partial charge in [-0.3, -0.25) is 0 Å². The second kappa shape index (κ2) is 14.7. The zero-order chi connectivity index (χ0) is 41.0. The number of rotatable bonds is 7. The second-order valence-corrected chi connectivity index (χ2v) is 15.6. The minimum Gasteiger partial charge on any atom is -0.307 e. The molecule has 0 bridgehead atoms. The highest BCUT2D eigenvalue weighted by molar-refractivity contribution is 6.28. The SMILES string of the molecule is c1ccc(-c2ccc(-c3nc(-c4ccccc4)nc(-c4cccc(-n5c6ccccc6c6c(-c7ccccc7)cc7c8ccccc8n(-c8ccccc8)c7c65)c4)n3)cc2)cc1. The second-order valence-electron chi connectivity index (χ2n) is 15.6. The summed E-state index contributed by atoms with van der Waals surface area (Å²) in [5.41, 5.74) is 14.1. The molecule has 62 heavy (non-hydrogen) atoms. The highest BCUT2D eigenvalue weighted by Crippen LogP contribution is 2.46. The van der Waals surface area contributed by atoms with Crippen molar-refractivity contribution in [2.75, 3.05) is 0 Å². The number of benzene rings is 9. The summed E-state index contributed by atoms with van der Waals surface area (Å²) in [6, 6.07) is 79.2. The smallest absolute Gasteiger partial charge is 0.164 e. The Labute approximate surface area is 358 Å². The molecule has 0 N–H and O–H groups in total. The minimum atomic E-state index is 0.608. The van der Waals surface area contributed by atoms with E-state index in [4.69, 9.17) is 15.0 Å². The Balaban J connectivity index is 1.13. The first kappa shape index (κ1) is 35.5. The first-order chi connectivity index (χ1) is 30.8. The van der Waals surface area contributed by atoms with Gasteiger partial charge in [-0.05, 0) is 64.7 Å². The number of fused-ring (bicyclic) bond motifs is 7. The molecule has 0 fully saturated rings. The zero-order valence-electron chi connectivity index (χ0n) is 33.6. The third kappa shape index (κ3) is 5.90. The fraction of sp³-hybridized carbons (Fsp3) is 0. The summed E-state index contributed by atoms with van der Waals surface area (Å²) in [6.07, 6.45) is 0. The van der Waals surface area contributed by atoms with Gasteiger partial charge < -0.3 is 9.13 Å². The Morgan fingerprint density at radius 3 is 1.37 bits per heavy atom. The molecule has 0 amide bonds. The third-order valence-electron chi connectivity index (χ3n) is 12.0. The van der Waals surface area contributed by atoms with E-state index >= 15 is 0 Å². The summed E-state index contributed by atoms with van der Waals surface area (Å²) in [7, 11) is 0. The van der Waals surface area contributed by atoms with Crippen molar-refractivity contribution in [1.82, 2.24) is 24.1 Å². The number of hydrogen-bond acceptors (Lipinski definition) is 3. The minimum absolute atomic E-state index is 0.608. The highest BCUT2D eigenvalue weighted by atomic mass is 15.1. The normalized spacial score (nSPS) is 11.5. The van der Waals surface area contributed by atoms with Gasteiger partial charge in [0.25, 0.3) is 0 Å². The van der Waals surface area contributed by atoms with Gasteiger partial charge in [0.15, 0.2) is 17.5 Å². The van der Waals surface area contributed by atoms with E-state index in [1.165, 1.54) is 38.2 Å². The van der Waals surface area contributed by atoms with E-state index in [1.807, 2.05) is 24.3 Å². The van der Waals surface area contributed by atoms with Crippen LogP contribution in [0.3, 0.4) is 0 Å². The number of nitrogens with zero attached hydrogens (tertiary/aromatic N) is 5. The van der Waals surface area contributed by atoms with Crippen LogP contribution < -0.4 is 0 Å². The first-order valence-electron chi connectivity index (χ1n) is 21.0. The summed E-state index contributed by atoms with van der Waals surface area (Å²) in [5, 5.41) is 4.80. The molecule has 5 heteroatoms. The van der Waals surface area contributed by atoms with Crippen molar-refractivity contribution < 1.29 is 0 Å². The Morgan fingerprint density at radius 2 is 0.710 bits per heavy atom. The molecule has 0 saturated carbocycles. The van der Waals surface area contributed by atoms with Gasteiger partial charge in [-0.2, -0.15) is 0 Å². The molecule has 0 aliphatic rings. The van der Waals surface area contributed by atoms with Crippen LogP contribution in [0, 0.1) is 0 Å². The van der Waals surface area contributed by atoms with Crippen molar-refractivity contribution >= 4 is 43.6 Å². The molecule has 9 aromatic carbocycles. The molecule has 0 radical (unpaired) electrons. The van der Waals surface area contributed by atoms with Crippen LogP contribution in [0.25, 0.3) is 111 Å². The number of para-hydroxylation sites is 3. The highest BCUT2D eigenvalue weighted by Gasteiger charge is 2.25. The van der Waals surface area contributed by atoms with E-state index in [1.54, 1.807) is 0 Å². The lowest BCUT2D eigenvalue weighted by Gasteiger charge is -2.15. The largest absolute Gasteiger partial charge is 0.307 e. The maximum Gasteiger partial charge on any atom is 0.164 e. The van der Waals surface area contributed by atoms with Crippen LogP contribution in [-0.4, -0.2) is 24.1 Å². The van der Waals surface area contributed by atoms with Crippen LogP contribution >= 0.6 is 0 Å². The van der Waals surface area contributed by atoms with Crippen molar-refractivity contribution in [2.45, 2.75) is 0 Å². The van der Waals surface area contributed by atoms with Gasteiger partial charge in [0.2, 0.25) is 0 Å². The van der Waals surface area contributed by atoms with E-state index in [0.717, 1.165) is 55.7 Å². The topological polar surface area (TPSA) is 48.5 Å². The summed E-state index contributed by atoms with van der Waals surface area (Å²) in [5.74, 6) is 1.86. The standard InChI is InChI=1S/C57H37N5/c1-5-18-38(19-6-1)39-32-34-42(35-33-39)56-58-55(41-22-9-3-10-23-41)59-57(60-56)43-24-17-27-45(36-43)62-51-31-16-14-29-47(51)52-48(40-20-7-2-8-21-40)37-49-46-28-13-15-30-50(46)61(53(49)54(52)62)44-25-11-4-12-26-44/h1-37H. The van der Waals surface area contributed by atoms with Gasteiger partial charge in [0, 0.05) is 49.6 Å². The van der Waals surface area contributed by atoms with Crippen LogP contribution in [0.5, 0.6) is 0 Å². The Hall–Kier alpha value is -8.41. The average Bonchev–Trinajstić information content (AvgIpc) is 3.88. The van der Waals surface area contributed by atoms with E-state index in [0.29, 0.717) is 17.5 Å². The van der Waals surface area contributed by atoms with Crippen molar-refractivity contribution in [3.8, 4) is 67.8 Å². The first-order valence-corrected chi connectivity index (χ1v) is 21.0. The molecule has 0 atom stereocenters. The molecule has 12 rings (SSSR count). The van der Waals surface area contributed by atoms with E-state index in [2.05, 4.69) is 209 Å². The molecular weight excluding hydrogens is 755 g/mol. The van der Waals surface area contributed by atoms with E-state index in [-0.39, 0.29) is 0 Å². The van der Waals surface area contributed by atoms with E-state index in [9.17, 15) is 0 Å². The van der Waals surface area contributed by atoms with Crippen LogP contribution in [-0.2, 0) is 0 Å². The van der Waals surface area contributed by atoms with Crippen LogP contribution in [0.2, 0.25) is 0 Å². The molecular formula is C57H37N5. The van der Waals surface area contributed by atoms with Crippen LogP contribution in [0.4, 0.5) is 0 Å². The van der Waals surface area contributed by atoms with Crippen molar-refractivity contribution in [3.05, 3.63) is 224 Å². The van der Waals surface area contributed by atoms with Crippen molar-refractivity contribution in [1.29, 1.82) is 0 Å². The Bertz CT molecular complexity index is 3590. The monoisotopic (exact) mass is 791 g/mol. The molecule has 0 unspecified atom stereocenters.